The van der Waals surface area contributed by atoms with Crippen molar-refractivity contribution in [1.82, 2.24) is 9.55 Å². The summed E-state index contributed by atoms with van der Waals surface area (Å²) in [6.45, 7) is -0.938. The molecule has 1 aromatic heterocycles. The van der Waals surface area contributed by atoms with Crippen molar-refractivity contribution in [2.75, 3.05) is 13.3 Å². The van der Waals surface area contributed by atoms with E-state index in [1.165, 1.54) is 6.20 Å². The summed E-state index contributed by atoms with van der Waals surface area (Å²) >= 11 is 0. The van der Waals surface area contributed by atoms with Gasteiger partial charge in [-0.05, 0) is 11.1 Å². The van der Waals surface area contributed by atoms with Crippen LogP contribution in [0.1, 0.15) is 17.4 Å². The lowest BCUT2D eigenvalue weighted by molar-refractivity contribution is -0.165. The quantitative estimate of drug-likeness (QED) is 0.510. The maximum atomic E-state index is 14.5. The number of hydrogen-bond donors (Lipinski definition) is 2. The molecule has 3 aromatic rings. The van der Waals surface area contributed by atoms with Gasteiger partial charge < -0.3 is 19.3 Å². The first kappa shape index (κ1) is 23.1. The maximum Gasteiger partial charge on any atom is 0.330 e. The normalized spacial score (nSPS) is 24.7. The van der Waals surface area contributed by atoms with Gasteiger partial charge in [0.15, 0.2) is 11.8 Å². The summed E-state index contributed by atoms with van der Waals surface area (Å²) in [5.74, 6) is 0. The fraction of sp³-hybridized carbons (Fsp3) is 0.333. The molecule has 0 bridgehead atoms. The fourth-order valence-electron chi connectivity index (χ4n) is 3.88. The largest absolute Gasteiger partial charge is 0.386 e. The summed E-state index contributed by atoms with van der Waals surface area (Å²) < 4.78 is 33.2. The first-order chi connectivity index (χ1) is 16.0. The van der Waals surface area contributed by atoms with Crippen molar-refractivity contribution in [1.29, 1.82) is 0 Å². The third-order valence-electron chi connectivity index (χ3n) is 5.56. The summed E-state index contributed by atoms with van der Waals surface area (Å²) in [7, 11) is 0. The second kappa shape index (κ2) is 10.2. The first-order valence-corrected chi connectivity index (χ1v) is 10.5. The standard InChI is InChI=1S/C24H25FN2O6/c25-15-24(16-31-13-17-7-3-1-4-8-17)21(32-14-18-9-5-2-6-10-18)20(29)22(33-24)27-12-11-19(28)26-23(27)30/h1-12,20-22,29H,13-16H2,(H,26,28,30)/t20?,21?,22?,24-/m1/s1. The van der Waals surface area contributed by atoms with Gasteiger partial charge in [-0.25, -0.2) is 9.18 Å². The second-order valence-electron chi connectivity index (χ2n) is 7.91. The summed E-state index contributed by atoms with van der Waals surface area (Å²) in [4.78, 5) is 25.9. The molecule has 9 heteroatoms. The molecule has 1 aliphatic heterocycles. The molecule has 1 fully saturated rings. The molecule has 0 spiro atoms. The number of alkyl halides is 1. The summed E-state index contributed by atoms with van der Waals surface area (Å²) in [5, 5.41) is 11.0. The number of H-pyrrole nitrogens is 1. The predicted octanol–water partition coefficient (Wildman–Crippen LogP) is 1.94. The van der Waals surface area contributed by atoms with Gasteiger partial charge in [0.05, 0.1) is 19.8 Å². The maximum absolute atomic E-state index is 14.5. The van der Waals surface area contributed by atoms with E-state index >= 15 is 0 Å². The van der Waals surface area contributed by atoms with Gasteiger partial charge in [-0.1, -0.05) is 60.7 Å². The Morgan fingerprint density at radius 3 is 2.24 bits per heavy atom. The fourth-order valence-corrected chi connectivity index (χ4v) is 3.88. The number of rotatable bonds is 9. The number of halogens is 1. The van der Waals surface area contributed by atoms with Crippen LogP contribution in [-0.4, -0.2) is 45.7 Å². The minimum Gasteiger partial charge on any atom is -0.386 e. The topological polar surface area (TPSA) is 103 Å². The number of nitrogens with one attached hydrogen (secondary N) is 1. The average Bonchev–Trinajstić information content (AvgIpc) is 3.10. The third-order valence-corrected chi connectivity index (χ3v) is 5.56. The van der Waals surface area contributed by atoms with Crippen molar-refractivity contribution < 1.29 is 23.7 Å². The summed E-state index contributed by atoms with van der Waals surface area (Å²) in [5.41, 5.74) is -1.33. The van der Waals surface area contributed by atoms with E-state index in [4.69, 9.17) is 14.2 Å². The zero-order chi connectivity index (χ0) is 23.3. The summed E-state index contributed by atoms with van der Waals surface area (Å²) in [6, 6.07) is 19.7. The smallest absolute Gasteiger partial charge is 0.330 e. The molecular weight excluding hydrogens is 431 g/mol. The highest BCUT2D eigenvalue weighted by molar-refractivity contribution is 5.15. The Morgan fingerprint density at radius 2 is 1.64 bits per heavy atom. The Balaban J connectivity index is 1.59. The van der Waals surface area contributed by atoms with Crippen LogP contribution in [0.2, 0.25) is 0 Å². The Bertz CT molecular complexity index is 1150. The zero-order valence-corrected chi connectivity index (χ0v) is 17.8. The molecule has 1 saturated heterocycles. The van der Waals surface area contributed by atoms with Crippen LogP contribution in [0.4, 0.5) is 4.39 Å². The molecule has 0 saturated carbocycles. The SMILES string of the molecule is O=c1ccn(C2O[C@](CF)(COCc3ccccc3)C(OCc3ccccc3)C2O)c(=O)[nH]1. The monoisotopic (exact) mass is 456 g/mol. The van der Waals surface area contributed by atoms with Crippen LogP contribution in [0.5, 0.6) is 0 Å². The molecule has 0 aliphatic carbocycles. The number of benzene rings is 2. The van der Waals surface area contributed by atoms with Crippen molar-refractivity contribution in [2.24, 2.45) is 0 Å². The lowest BCUT2D eigenvalue weighted by Gasteiger charge is -2.31. The molecule has 2 aromatic carbocycles. The molecule has 33 heavy (non-hydrogen) atoms. The molecule has 4 rings (SSSR count). The van der Waals surface area contributed by atoms with Gasteiger partial charge in [-0.15, -0.1) is 0 Å². The number of aromatic nitrogens is 2. The van der Waals surface area contributed by atoms with Gasteiger partial charge in [0.2, 0.25) is 0 Å². The Morgan fingerprint density at radius 1 is 1.00 bits per heavy atom. The van der Waals surface area contributed by atoms with Crippen LogP contribution in [0.25, 0.3) is 0 Å². The Hall–Kier alpha value is -3.11. The van der Waals surface area contributed by atoms with Gasteiger partial charge in [0, 0.05) is 12.3 Å². The molecule has 8 nitrogen and oxygen atoms in total. The van der Waals surface area contributed by atoms with Crippen LogP contribution in [-0.2, 0) is 27.4 Å². The molecular formula is C24H25FN2O6. The van der Waals surface area contributed by atoms with Gasteiger partial charge in [0.25, 0.3) is 5.56 Å². The molecule has 3 unspecified atom stereocenters. The number of ether oxygens (including phenoxy) is 3. The van der Waals surface area contributed by atoms with Gasteiger partial charge in [-0.2, -0.15) is 0 Å². The van der Waals surface area contributed by atoms with Gasteiger partial charge in [-0.3, -0.25) is 14.3 Å². The van der Waals surface area contributed by atoms with Crippen molar-refractivity contribution >= 4 is 0 Å². The van der Waals surface area contributed by atoms with Crippen molar-refractivity contribution in [3.8, 4) is 0 Å². The molecule has 2 heterocycles. The van der Waals surface area contributed by atoms with E-state index in [-0.39, 0.29) is 19.8 Å². The number of nitrogens with zero attached hydrogens (tertiary/aromatic N) is 1. The Labute approximate surface area is 189 Å². The van der Waals surface area contributed by atoms with Crippen molar-refractivity contribution in [3.63, 3.8) is 0 Å². The number of hydrogen-bond acceptors (Lipinski definition) is 6. The van der Waals surface area contributed by atoms with Crippen LogP contribution in [0, 0.1) is 0 Å². The lowest BCUT2D eigenvalue weighted by atomic mass is 9.97. The number of aromatic amines is 1. The number of aliphatic hydroxyl groups is 1. The molecule has 0 radical (unpaired) electrons. The summed E-state index contributed by atoms with van der Waals surface area (Å²) in [6.07, 6.45) is -2.61. The van der Waals surface area contributed by atoms with Crippen LogP contribution < -0.4 is 11.2 Å². The molecule has 1 aliphatic rings. The van der Waals surface area contributed by atoms with E-state index in [1.807, 2.05) is 60.7 Å². The van der Waals surface area contributed by atoms with E-state index < -0.39 is 42.0 Å². The average molecular weight is 456 g/mol. The van der Waals surface area contributed by atoms with Crippen LogP contribution in [0.15, 0.2) is 82.5 Å². The number of aliphatic hydroxyl groups excluding tert-OH is 1. The zero-order valence-electron chi connectivity index (χ0n) is 17.8. The first-order valence-electron chi connectivity index (χ1n) is 10.5. The minimum absolute atomic E-state index is 0.0968. The third kappa shape index (κ3) is 5.12. The highest BCUT2D eigenvalue weighted by atomic mass is 19.1. The highest BCUT2D eigenvalue weighted by Crippen LogP contribution is 2.40. The minimum atomic E-state index is -1.66. The van der Waals surface area contributed by atoms with E-state index in [2.05, 4.69) is 4.98 Å². The van der Waals surface area contributed by atoms with Crippen molar-refractivity contribution in [3.05, 3.63) is 105 Å². The van der Waals surface area contributed by atoms with E-state index in [0.717, 1.165) is 21.8 Å². The molecule has 4 atom stereocenters. The van der Waals surface area contributed by atoms with Crippen molar-refractivity contribution in [2.45, 2.75) is 37.3 Å². The van der Waals surface area contributed by atoms with Gasteiger partial charge in [0.1, 0.15) is 18.9 Å². The predicted molar refractivity (Wildman–Crippen MR) is 117 cm³/mol. The van der Waals surface area contributed by atoms with E-state index in [0.29, 0.717) is 0 Å². The molecule has 2 N–H and O–H groups in total. The lowest BCUT2D eigenvalue weighted by Crippen LogP contribution is -2.50. The van der Waals surface area contributed by atoms with Gasteiger partial charge >= 0.3 is 5.69 Å². The molecule has 174 valence electrons. The van der Waals surface area contributed by atoms with Crippen LogP contribution in [0.3, 0.4) is 0 Å². The second-order valence-corrected chi connectivity index (χ2v) is 7.91. The van der Waals surface area contributed by atoms with Crippen LogP contribution >= 0.6 is 0 Å². The molecule has 0 amide bonds. The Kier molecular flexibility index (Phi) is 7.14. The van der Waals surface area contributed by atoms with E-state index in [9.17, 15) is 19.1 Å². The highest BCUT2D eigenvalue weighted by Gasteiger charge is 2.57. The van der Waals surface area contributed by atoms with E-state index in [1.54, 1.807) is 0 Å².